The van der Waals surface area contributed by atoms with Crippen LogP contribution in [0.2, 0.25) is 0 Å². The summed E-state index contributed by atoms with van der Waals surface area (Å²) in [4.78, 5) is 28.8. The Balaban J connectivity index is 1.43. The number of nitrogens with one attached hydrogen (secondary N) is 1. The lowest BCUT2D eigenvalue weighted by molar-refractivity contribution is -0.137. The van der Waals surface area contributed by atoms with Crippen molar-refractivity contribution in [2.45, 2.75) is 44.9 Å². The third-order valence-electron chi connectivity index (χ3n) is 7.51. The molecular formula is C26H28F3N7O2. The van der Waals surface area contributed by atoms with Crippen molar-refractivity contribution in [3.8, 4) is 11.3 Å². The van der Waals surface area contributed by atoms with Crippen LogP contribution >= 0.6 is 0 Å². The fourth-order valence-electron chi connectivity index (χ4n) is 5.50. The van der Waals surface area contributed by atoms with Gasteiger partial charge in [-0.05, 0) is 42.2 Å². The quantitative estimate of drug-likeness (QED) is 0.421. The van der Waals surface area contributed by atoms with Crippen LogP contribution < -0.4 is 16.0 Å². The van der Waals surface area contributed by atoms with E-state index in [0.717, 1.165) is 18.3 Å². The molecule has 3 aromatic rings. The average molecular weight is 528 g/mol. The van der Waals surface area contributed by atoms with Gasteiger partial charge >= 0.3 is 12.3 Å². The molecular weight excluding hydrogens is 499 g/mol. The minimum absolute atomic E-state index is 0.00825. The van der Waals surface area contributed by atoms with Gasteiger partial charge in [-0.15, -0.1) is 0 Å². The normalized spacial score (nSPS) is 21.2. The second kappa shape index (κ2) is 8.74. The molecule has 0 saturated carbocycles. The topological polar surface area (TPSA) is 121 Å². The van der Waals surface area contributed by atoms with Crippen molar-refractivity contribution in [1.29, 1.82) is 0 Å². The zero-order chi connectivity index (χ0) is 27.5. The van der Waals surface area contributed by atoms with Crippen LogP contribution in [0.15, 0.2) is 48.8 Å². The number of carboxylic acid groups (broad SMARTS) is 1. The number of pyridine rings is 3. The van der Waals surface area contributed by atoms with Crippen molar-refractivity contribution in [1.82, 2.24) is 19.9 Å². The van der Waals surface area contributed by atoms with Crippen LogP contribution in [0.3, 0.4) is 0 Å². The summed E-state index contributed by atoms with van der Waals surface area (Å²) in [5, 5.41) is 12.6. The zero-order valence-electron chi connectivity index (χ0n) is 21.1. The number of alkyl halides is 3. The Morgan fingerprint density at radius 2 is 1.84 bits per heavy atom. The summed E-state index contributed by atoms with van der Waals surface area (Å²) in [6.07, 6.45) is -1.97. The number of hydrogen-bond acceptors (Lipinski definition) is 7. The Hall–Kier alpha value is -4.09. The van der Waals surface area contributed by atoms with Gasteiger partial charge in [0.2, 0.25) is 0 Å². The number of carbonyl (C=O) groups is 1. The highest BCUT2D eigenvalue weighted by Gasteiger charge is 2.62. The van der Waals surface area contributed by atoms with Crippen LogP contribution in [0, 0.1) is 5.41 Å². The molecule has 0 radical (unpaired) electrons. The number of fused-ring (bicyclic) bond motifs is 2. The zero-order valence-corrected chi connectivity index (χ0v) is 21.1. The fourth-order valence-corrected chi connectivity index (χ4v) is 5.50. The first kappa shape index (κ1) is 25.6. The Bertz CT molecular complexity index is 1390. The van der Waals surface area contributed by atoms with E-state index in [9.17, 15) is 23.1 Å². The van der Waals surface area contributed by atoms with Gasteiger partial charge in [-0.1, -0.05) is 20.8 Å². The molecule has 2 saturated heterocycles. The molecule has 4 N–H and O–H groups in total. The number of nitrogen functional groups attached to an aromatic ring is 1. The largest absolute Gasteiger partial charge is 0.465 e. The van der Waals surface area contributed by atoms with Gasteiger partial charge in [0.25, 0.3) is 0 Å². The number of amides is 1. The molecule has 9 nitrogen and oxygen atoms in total. The van der Waals surface area contributed by atoms with Gasteiger partial charge in [-0.2, -0.15) is 13.2 Å². The minimum atomic E-state index is -4.50. The summed E-state index contributed by atoms with van der Waals surface area (Å²) in [6.45, 7) is 7.09. The van der Waals surface area contributed by atoms with Gasteiger partial charge in [0.05, 0.1) is 22.8 Å². The molecule has 2 aliphatic heterocycles. The second-order valence-electron chi connectivity index (χ2n) is 10.8. The van der Waals surface area contributed by atoms with Gasteiger partial charge in [0.15, 0.2) is 0 Å². The summed E-state index contributed by atoms with van der Waals surface area (Å²) in [5.41, 5.74) is 6.05. The van der Waals surface area contributed by atoms with Gasteiger partial charge < -0.3 is 21.1 Å². The molecule has 200 valence electrons. The van der Waals surface area contributed by atoms with E-state index in [0.29, 0.717) is 42.3 Å². The Morgan fingerprint density at radius 1 is 1.11 bits per heavy atom. The predicted molar refractivity (Wildman–Crippen MR) is 137 cm³/mol. The molecule has 2 atom stereocenters. The van der Waals surface area contributed by atoms with Crippen molar-refractivity contribution in [3.05, 3.63) is 54.4 Å². The molecule has 5 heterocycles. The summed E-state index contributed by atoms with van der Waals surface area (Å²) in [6, 6.07) is 8.62. The van der Waals surface area contributed by atoms with E-state index in [1.165, 1.54) is 6.07 Å². The van der Waals surface area contributed by atoms with E-state index in [-0.39, 0.29) is 23.1 Å². The molecule has 38 heavy (non-hydrogen) atoms. The van der Waals surface area contributed by atoms with E-state index >= 15 is 0 Å². The van der Waals surface area contributed by atoms with E-state index in [1.54, 1.807) is 23.2 Å². The molecule has 2 bridgehead atoms. The first-order valence-corrected chi connectivity index (χ1v) is 12.1. The first-order valence-electron chi connectivity index (χ1n) is 12.1. The fraction of sp³-hybridized carbons (Fsp3) is 0.385. The number of rotatable bonds is 4. The van der Waals surface area contributed by atoms with Crippen molar-refractivity contribution >= 4 is 29.2 Å². The van der Waals surface area contributed by atoms with E-state index in [4.69, 9.17) is 5.73 Å². The summed E-state index contributed by atoms with van der Waals surface area (Å²) in [7, 11) is 0. The number of halogens is 3. The predicted octanol–water partition coefficient (Wildman–Crippen LogP) is 5.24. The number of aromatic nitrogens is 3. The Kier molecular flexibility index (Phi) is 5.88. The molecule has 0 spiro atoms. The lowest BCUT2D eigenvalue weighted by atomic mass is 9.73. The number of anilines is 4. The highest BCUT2D eigenvalue weighted by molar-refractivity contribution is 5.72. The first-order chi connectivity index (χ1) is 17.8. The SMILES string of the molecule is CC(C)(C)[C@]12C[C@@H](CN1C(=O)O)N(c1cc(-c3cc(N)cc(Nc4cc(C(F)(F)F)ccn4)n3)ccn1)C2. The second-order valence-corrected chi connectivity index (χ2v) is 10.8. The van der Waals surface area contributed by atoms with E-state index in [1.807, 2.05) is 6.07 Å². The third kappa shape index (κ3) is 4.44. The van der Waals surface area contributed by atoms with Crippen molar-refractivity contribution in [2.75, 3.05) is 29.0 Å². The Morgan fingerprint density at radius 3 is 2.53 bits per heavy atom. The molecule has 1 amide bonds. The van der Waals surface area contributed by atoms with Crippen LogP contribution in [0.25, 0.3) is 11.3 Å². The van der Waals surface area contributed by atoms with Gasteiger partial charge in [0.1, 0.15) is 17.5 Å². The number of nitrogens with two attached hydrogens (primary N) is 1. The number of piperazine rings is 1. The number of nitrogens with zero attached hydrogens (tertiary/aromatic N) is 5. The third-order valence-corrected chi connectivity index (χ3v) is 7.51. The lowest BCUT2D eigenvalue weighted by Crippen LogP contribution is -2.61. The summed E-state index contributed by atoms with van der Waals surface area (Å²) >= 11 is 0. The van der Waals surface area contributed by atoms with Gasteiger partial charge in [-0.3, -0.25) is 4.90 Å². The van der Waals surface area contributed by atoms with Gasteiger partial charge in [-0.25, -0.2) is 19.7 Å². The monoisotopic (exact) mass is 527 g/mol. The maximum absolute atomic E-state index is 13.1. The standard InChI is InChI=1S/C26H28F3N7O2/c1-24(2,3)25-12-18(13-36(25)23(37)38)35(14-25)22-8-15(4-6-32-22)19-10-17(30)11-21(33-19)34-20-9-16(5-7-31-20)26(27,28)29/h4-11,18H,12-14H2,1-3H3,(H,37,38)(H3,30,31,33,34)/t18-,25+/m0/s1. The van der Waals surface area contributed by atoms with Gasteiger partial charge in [0, 0.05) is 42.8 Å². The maximum atomic E-state index is 13.1. The molecule has 2 aliphatic rings. The maximum Gasteiger partial charge on any atom is 0.416 e. The molecule has 5 rings (SSSR count). The highest BCUT2D eigenvalue weighted by Crippen LogP contribution is 2.51. The molecule has 12 heteroatoms. The van der Waals surface area contributed by atoms with Crippen LogP contribution in [0.4, 0.5) is 41.1 Å². The molecule has 2 fully saturated rings. The molecule has 0 aromatic carbocycles. The van der Waals surface area contributed by atoms with E-state index < -0.39 is 23.4 Å². The van der Waals surface area contributed by atoms with Crippen molar-refractivity contribution in [2.24, 2.45) is 5.41 Å². The average Bonchev–Trinajstić information content (AvgIpc) is 3.42. The van der Waals surface area contributed by atoms with E-state index in [2.05, 4.69) is 45.9 Å². The number of hydrogen-bond donors (Lipinski definition) is 3. The highest BCUT2D eigenvalue weighted by atomic mass is 19.4. The summed E-state index contributed by atoms with van der Waals surface area (Å²) in [5.74, 6) is 0.930. The smallest absolute Gasteiger partial charge is 0.416 e. The van der Waals surface area contributed by atoms with Crippen LogP contribution in [0.5, 0.6) is 0 Å². The summed E-state index contributed by atoms with van der Waals surface area (Å²) < 4.78 is 39.3. The van der Waals surface area contributed by atoms with Crippen molar-refractivity contribution in [3.63, 3.8) is 0 Å². The van der Waals surface area contributed by atoms with Crippen LogP contribution in [-0.4, -0.2) is 55.7 Å². The lowest BCUT2D eigenvalue weighted by Gasteiger charge is -2.48. The molecule has 0 aliphatic carbocycles. The molecule has 0 unspecified atom stereocenters. The van der Waals surface area contributed by atoms with Crippen LogP contribution in [0.1, 0.15) is 32.8 Å². The van der Waals surface area contributed by atoms with Crippen LogP contribution in [-0.2, 0) is 6.18 Å². The van der Waals surface area contributed by atoms with Crippen molar-refractivity contribution < 1.29 is 23.1 Å². The Labute approximate surface area is 217 Å². The minimum Gasteiger partial charge on any atom is -0.465 e. The molecule has 3 aromatic heterocycles. The number of likely N-dealkylation sites (tertiary alicyclic amines) is 1.